The van der Waals surface area contributed by atoms with Gasteiger partial charge in [-0.05, 0) is 37.0 Å². The van der Waals surface area contributed by atoms with E-state index >= 15 is 0 Å². The molecule has 4 rings (SSSR count). The first-order valence-electron chi connectivity index (χ1n) is 13.6. The van der Waals surface area contributed by atoms with Crippen LogP contribution in [0.3, 0.4) is 0 Å². The average Bonchev–Trinajstić information content (AvgIpc) is 3.42. The Hall–Kier alpha value is -4.01. The highest BCUT2D eigenvalue weighted by atomic mass is 16.5. The van der Waals surface area contributed by atoms with Crippen LogP contribution in [0.25, 0.3) is 0 Å². The molecule has 3 aromatic carbocycles. The molecule has 0 aromatic heterocycles. The lowest BCUT2D eigenvalue weighted by Gasteiger charge is -2.27. The molecule has 3 amide bonds. The Bertz CT molecular complexity index is 1220. The fourth-order valence-corrected chi connectivity index (χ4v) is 4.76. The van der Waals surface area contributed by atoms with Crippen LogP contribution in [0.2, 0.25) is 0 Å². The minimum atomic E-state index is -1.15. The molecular weight excluding hydrogens is 504 g/mol. The molecule has 2 atom stereocenters. The highest BCUT2D eigenvalue weighted by Crippen LogP contribution is 2.25. The van der Waals surface area contributed by atoms with Gasteiger partial charge < -0.3 is 26.0 Å². The minimum absolute atomic E-state index is 0.00710. The zero-order valence-corrected chi connectivity index (χ0v) is 23.1. The first-order chi connectivity index (χ1) is 19.2. The predicted octanol–water partition coefficient (Wildman–Crippen LogP) is 2.97. The molecule has 3 aromatic rings. The van der Waals surface area contributed by atoms with Crippen LogP contribution in [0.15, 0.2) is 91.0 Å². The number of benzene rings is 3. The first kappa shape index (κ1) is 29.0. The predicted molar refractivity (Wildman–Crippen MR) is 154 cm³/mol. The Morgan fingerprint density at radius 2 is 1.48 bits per heavy atom. The molecule has 0 saturated carbocycles. The Morgan fingerprint density at radius 3 is 2.02 bits per heavy atom. The van der Waals surface area contributed by atoms with Crippen LogP contribution in [0.4, 0.5) is 0 Å². The molecule has 210 valence electrons. The summed E-state index contributed by atoms with van der Waals surface area (Å²) >= 11 is 0. The minimum Gasteiger partial charge on any atom is -0.374 e. The maximum absolute atomic E-state index is 13.5. The molecule has 1 saturated heterocycles. The molecule has 0 radical (unpaired) electrons. The van der Waals surface area contributed by atoms with E-state index in [0.29, 0.717) is 26.1 Å². The van der Waals surface area contributed by atoms with Crippen molar-refractivity contribution in [1.29, 1.82) is 0 Å². The number of amides is 3. The lowest BCUT2D eigenvalue weighted by molar-refractivity contribution is -0.138. The van der Waals surface area contributed by atoms with Crippen LogP contribution in [0.1, 0.15) is 42.9 Å². The lowest BCUT2D eigenvalue weighted by Crippen LogP contribution is -2.57. The number of ether oxygens (including phenoxy) is 1. The molecule has 1 heterocycles. The quantitative estimate of drug-likeness (QED) is 0.345. The fourth-order valence-electron chi connectivity index (χ4n) is 4.76. The van der Waals surface area contributed by atoms with Crippen molar-refractivity contribution in [2.24, 2.45) is 5.73 Å². The smallest absolute Gasteiger partial charge is 0.247 e. The molecule has 0 spiro atoms. The molecule has 8 nitrogen and oxygen atoms in total. The third kappa shape index (κ3) is 7.77. The van der Waals surface area contributed by atoms with Crippen LogP contribution in [-0.2, 0) is 25.7 Å². The second-order valence-electron chi connectivity index (χ2n) is 10.8. The van der Waals surface area contributed by atoms with E-state index < -0.39 is 23.4 Å². The van der Waals surface area contributed by atoms with E-state index in [2.05, 4.69) is 10.6 Å². The van der Waals surface area contributed by atoms with E-state index in [1.54, 1.807) is 18.7 Å². The topological polar surface area (TPSA) is 114 Å². The van der Waals surface area contributed by atoms with Gasteiger partial charge in [0.05, 0.1) is 24.7 Å². The van der Waals surface area contributed by atoms with Gasteiger partial charge in [-0.2, -0.15) is 0 Å². The molecule has 1 aliphatic rings. The number of nitrogens with zero attached hydrogens (tertiary/aromatic N) is 1. The Balaban J connectivity index is 1.41. The maximum atomic E-state index is 13.5. The Kier molecular flexibility index (Phi) is 9.69. The highest BCUT2D eigenvalue weighted by Gasteiger charge is 2.35. The van der Waals surface area contributed by atoms with E-state index in [-0.39, 0.29) is 24.5 Å². The normalized spacial score (nSPS) is 16.0. The van der Waals surface area contributed by atoms with Gasteiger partial charge in [0, 0.05) is 19.1 Å². The van der Waals surface area contributed by atoms with Gasteiger partial charge in [0.1, 0.15) is 6.04 Å². The second-order valence-corrected chi connectivity index (χ2v) is 10.8. The summed E-state index contributed by atoms with van der Waals surface area (Å²) in [5.74, 6) is -1.27. The molecule has 1 fully saturated rings. The van der Waals surface area contributed by atoms with Gasteiger partial charge >= 0.3 is 0 Å². The van der Waals surface area contributed by atoms with Crippen molar-refractivity contribution in [2.75, 3.05) is 19.7 Å². The van der Waals surface area contributed by atoms with Crippen LogP contribution in [0, 0.1) is 0 Å². The van der Waals surface area contributed by atoms with Crippen molar-refractivity contribution in [2.45, 2.75) is 50.4 Å². The van der Waals surface area contributed by atoms with E-state index in [0.717, 1.165) is 16.7 Å². The Labute approximate surface area is 235 Å². The molecular formula is C32H38N4O4. The van der Waals surface area contributed by atoms with Gasteiger partial charge in [-0.25, -0.2) is 0 Å². The fraction of sp³-hybridized carbons (Fsp3) is 0.344. The zero-order chi connectivity index (χ0) is 28.5. The van der Waals surface area contributed by atoms with Crippen molar-refractivity contribution < 1.29 is 19.1 Å². The molecule has 0 bridgehead atoms. The summed E-state index contributed by atoms with van der Waals surface area (Å²) in [6.45, 7) is 4.30. The van der Waals surface area contributed by atoms with Gasteiger partial charge in [0.2, 0.25) is 17.7 Å². The van der Waals surface area contributed by atoms with E-state index in [1.165, 1.54) is 0 Å². The monoisotopic (exact) mass is 542 g/mol. The molecule has 4 N–H and O–H groups in total. The maximum Gasteiger partial charge on any atom is 0.247 e. The van der Waals surface area contributed by atoms with Crippen molar-refractivity contribution >= 4 is 17.7 Å². The lowest BCUT2D eigenvalue weighted by atomic mass is 9.90. The standard InChI is InChI=1S/C32H38N4O4/c1-32(2,33)31(39)35-27(22-40-21-23-12-6-3-7-13-23)30(38)36-19-18-26(20-36)34-29(37)28(24-14-8-4-9-15-24)25-16-10-5-11-17-25/h3-17,26-28H,18-22,33H2,1-2H3,(H,34,37)(H,35,39)/t26-,27?/m1/s1. The van der Waals surface area contributed by atoms with Gasteiger partial charge in [0.15, 0.2) is 0 Å². The van der Waals surface area contributed by atoms with Gasteiger partial charge in [0.25, 0.3) is 0 Å². The first-order valence-corrected chi connectivity index (χ1v) is 13.6. The number of hydrogen-bond donors (Lipinski definition) is 3. The summed E-state index contributed by atoms with van der Waals surface area (Å²) in [5, 5.41) is 5.93. The summed E-state index contributed by atoms with van der Waals surface area (Å²) in [6, 6.07) is 27.8. The summed E-state index contributed by atoms with van der Waals surface area (Å²) in [7, 11) is 0. The van der Waals surface area contributed by atoms with Crippen molar-refractivity contribution in [3.63, 3.8) is 0 Å². The molecule has 0 aliphatic carbocycles. The molecule has 1 unspecified atom stereocenters. The molecule has 1 aliphatic heterocycles. The summed E-state index contributed by atoms with van der Waals surface area (Å²) < 4.78 is 5.82. The number of rotatable bonds is 11. The summed E-state index contributed by atoms with van der Waals surface area (Å²) in [6.07, 6.45) is 0.613. The van der Waals surface area contributed by atoms with Crippen molar-refractivity contribution in [1.82, 2.24) is 15.5 Å². The van der Waals surface area contributed by atoms with Crippen LogP contribution >= 0.6 is 0 Å². The third-order valence-electron chi connectivity index (χ3n) is 6.96. The molecule has 40 heavy (non-hydrogen) atoms. The van der Waals surface area contributed by atoms with Crippen LogP contribution in [-0.4, -0.2) is 59.9 Å². The van der Waals surface area contributed by atoms with Crippen molar-refractivity contribution in [3.05, 3.63) is 108 Å². The van der Waals surface area contributed by atoms with Crippen LogP contribution < -0.4 is 16.4 Å². The average molecular weight is 543 g/mol. The van der Waals surface area contributed by atoms with Gasteiger partial charge in [-0.15, -0.1) is 0 Å². The SMILES string of the molecule is CC(C)(N)C(=O)NC(COCc1ccccc1)C(=O)N1CC[C@@H](NC(=O)C(c2ccccc2)c2ccccc2)C1. The number of nitrogens with two attached hydrogens (primary N) is 1. The number of carbonyl (C=O) groups excluding carboxylic acids is 3. The number of nitrogens with one attached hydrogen (secondary N) is 2. The molecule has 8 heteroatoms. The van der Waals surface area contributed by atoms with E-state index in [4.69, 9.17) is 10.5 Å². The number of carbonyl (C=O) groups is 3. The zero-order valence-electron chi connectivity index (χ0n) is 23.1. The highest BCUT2D eigenvalue weighted by molar-refractivity contribution is 5.92. The van der Waals surface area contributed by atoms with Crippen LogP contribution in [0.5, 0.6) is 0 Å². The number of hydrogen-bond acceptors (Lipinski definition) is 5. The van der Waals surface area contributed by atoms with Crippen molar-refractivity contribution in [3.8, 4) is 0 Å². The largest absolute Gasteiger partial charge is 0.374 e. The summed E-state index contributed by atoms with van der Waals surface area (Å²) in [4.78, 5) is 41.4. The second kappa shape index (κ2) is 13.4. The summed E-state index contributed by atoms with van der Waals surface area (Å²) in [5.41, 5.74) is 7.60. The number of likely N-dealkylation sites (tertiary alicyclic amines) is 1. The third-order valence-corrected chi connectivity index (χ3v) is 6.96. The Morgan fingerprint density at radius 1 is 0.925 bits per heavy atom. The van der Waals surface area contributed by atoms with E-state index in [1.807, 2.05) is 91.0 Å². The van der Waals surface area contributed by atoms with Gasteiger partial charge in [-0.1, -0.05) is 91.0 Å². The van der Waals surface area contributed by atoms with E-state index in [9.17, 15) is 14.4 Å². The van der Waals surface area contributed by atoms with Gasteiger partial charge in [-0.3, -0.25) is 14.4 Å².